The molecule has 1 aromatic carbocycles. The highest BCUT2D eigenvalue weighted by Crippen LogP contribution is 2.23. The van der Waals surface area contributed by atoms with E-state index in [2.05, 4.69) is 79.7 Å². The van der Waals surface area contributed by atoms with Gasteiger partial charge in [-0.3, -0.25) is 4.90 Å². The van der Waals surface area contributed by atoms with Crippen molar-refractivity contribution in [3.05, 3.63) is 35.4 Å². The molecular formula is C18H30BrN. The maximum Gasteiger partial charge on any atom is 0.0237 e. The van der Waals surface area contributed by atoms with Crippen LogP contribution in [-0.4, -0.2) is 22.8 Å². The van der Waals surface area contributed by atoms with Crippen LogP contribution in [0.4, 0.5) is 0 Å². The minimum atomic E-state index is 0.240. The molecule has 0 saturated carbocycles. The van der Waals surface area contributed by atoms with Crippen LogP contribution in [0.3, 0.4) is 0 Å². The Morgan fingerprint density at radius 3 is 2.00 bits per heavy atom. The first kappa shape index (κ1) is 17.7. The average molecular weight is 340 g/mol. The van der Waals surface area contributed by atoms with Gasteiger partial charge in [-0.25, -0.2) is 0 Å². The third kappa shape index (κ3) is 5.21. The highest BCUT2D eigenvalue weighted by Gasteiger charge is 2.16. The van der Waals surface area contributed by atoms with Crippen LogP contribution in [-0.2, 0) is 12.0 Å². The maximum atomic E-state index is 3.59. The second kappa shape index (κ2) is 8.19. The van der Waals surface area contributed by atoms with Crippen molar-refractivity contribution in [2.24, 2.45) is 0 Å². The Kier molecular flexibility index (Phi) is 7.25. The van der Waals surface area contributed by atoms with Crippen LogP contribution in [0, 0.1) is 0 Å². The minimum Gasteiger partial charge on any atom is -0.295 e. The third-order valence-corrected chi connectivity index (χ3v) is 4.39. The summed E-state index contributed by atoms with van der Waals surface area (Å²) in [7, 11) is 0. The Bertz CT molecular complexity index is 373. The molecule has 0 saturated heterocycles. The lowest BCUT2D eigenvalue weighted by molar-refractivity contribution is 0.189. The zero-order chi connectivity index (χ0) is 15.2. The van der Waals surface area contributed by atoms with Gasteiger partial charge in [0.1, 0.15) is 0 Å². The molecule has 1 aromatic rings. The predicted molar refractivity (Wildman–Crippen MR) is 93.7 cm³/mol. The predicted octanol–water partition coefficient (Wildman–Crippen LogP) is 5.37. The molecule has 0 atom stereocenters. The van der Waals surface area contributed by atoms with Crippen molar-refractivity contribution in [2.75, 3.05) is 11.9 Å². The Morgan fingerprint density at radius 1 is 1.05 bits per heavy atom. The van der Waals surface area contributed by atoms with Crippen molar-refractivity contribution in [3.63, 3.8) is 0 Å². The first-order valence-corrected chi connectivity index (χ1v) is 8.94. The molecule has 0 N–H and O–H groups in total. The van der Waals surface area contributed by atoms with Crippen molar-refractivity contribution in [2.45, 2.75) is 65.5 Å². The molecule has 1 rings (SSSR count). The van der Waals surface area contributed by atoms with E-state index in [0.717, 1.165) is 18.4 Å². The van der Waals surface area contributed by atoms with Gasteiger partial charge in [0.15, 0.2) is 0 Å². The molecule has 114 valence electrons. The number of hydrogen-bond donors (Lipinski definition) is 0. The van der Waals surface area contributed by atoms with E-state index in [1.807, 2.05) is 0 Å². The van der Waals surface area contributed by atoms with Crippen LogP contribution < -0.4 is 0 Å². The van der Waals surface area contributed by atoms with Gasteiger partial charge in [0.05, 0.1) is 0 Å². The Balaban J connectivity index is 2.78. The van der Waals surface area contributed by atoms with Crippen LogP contribution in [0.25, 0.3) is 0 Å². The molecule has 0 aliphatic carbocycles. The summed E-state index contributed by atoms with van der Waals surface area (Å²) < 4.78 is 0. The van der Waals surface area contributed by atoms with E-state index in [-0.39, 0.29) is 5.41 Å². The van der Waals surface area contributed by atoms with Crippen LogP contribution in [0.15, 0.2) is 24.3 Å². The second-order valence-electron chi connectivity index (χ2n) is 6.58. The number of nitrogens with zero attached hydrogens (tertiary/aromatic N) is 1. The van der Waals surface area contributed by atoms with Crippen LogP contribution in [0.5, 0.6) is 0 Å². The number of benzene rings is 1. The largest absolute Gasteiger partial charge is 0.295 e. The summed E-state index contributed by atoms with van der Waals surface area (Å²) >= 11 is 3.59. The third-order valence-electron chi connectivity index (χ3n) is 4.04. The van der Waals surface area contributed by atoms with E-state index in [9.17, 15) is 0 Å². The Morgan fingerprint density at radius 2 is 1.60 bits per heavy atom. The molecule has 0 radical (unpaired) electrons. The normalized spacial score (nSPS) is 12.4. The Labute approximate surface area is 133 Å². The summed E-state index contributed by atoms with van der Waals surface area (Å²) in [4.78, 5) is 2.60. The van der Waals surface area contributed by atoms with Crippen molar-refractivity contribution >= 4 is 15.9 Å². The molecule has 0 heterocycles. The molecule has 0 unspecified atom stereocenters. The first-order chi connectivity index (χ1) is 9.42. The average Bonchev–Trinajstić information content (AvgIpc) is 2.40. The lowest BCUT2D eigenvalue weighted by Crippen LogP contribution is -2.35. The molecular weight excluding hydrogens is 310 g/mol. The second-order valence-corrected chi connectivity index (χ2v) is 7.37. The van der Waals surface area contributed by atoms with Gasteiger partial charge in [-0.05, 0) is 29.4 Å². The maximum absolute atomic E-state index is 3.59. The Hall–Kier alpha value is -0.340. The van der Waals surface area contributed by atoms with Gasteiger partial charge in [0.25, 0.3) is 0 Å². The van der Waals surface area contributed by atoms with Gasteiger partial charge < -0.3 is 0 Å². The number of rotatable bonds is 7. The number of hydrogen-bond acceptors (Lipinski definition) is 1. The van der Waals surface area contributed by atoms with Gasteiger partial charge in [0, 0.05) is 24.5 Å². The molecule has 2 heteroatoms. The van der Waals surface area contributed by atoms with E-state index in [0.29, 0.717) is 6.04 Å². The van der Waals surface area contributed by atoms with Crippen LogP contribution in [0.1, 0.15) is 58.6 Å². The van der Waals surface area contributed by atoms with Crippen LogP contribution >= 0.6 is 15.9 Å². The van der Waals surface area contributed by atoms with Crippen molar-refractivity contribution in [1.82, 2.24) is 4.90 Å². The summed E-state index contributed by atoms with van der Waals surface area (Å²) in [5, 5.41) is 1.05. The lowest BCUT2D eigenvalue weighted by atomic mass is 9.86. The highest BCUT2D eigenvalue weighted by atomic mass is 79.9. The SMILES string of the molecule is CCC(CC)N(CCBr)Cc1ccc(C(C)(C)C)cc1. The van der Waals surface area contributed by atoms with Gasteiger partial charge in [0.2, 0.25) is 0 Å². The smallest absolute Gasteiger partial charge is 0.0237 e. The van der Waals surface area contributed by atoms with Gasteiger partial charge >= 0.3 is 0 Å². The van der Waals surface area contributed by atoms with Gasteiger partial charge in [-0.1, -0.05) is 74.8 Å². The highest BCUT2D eigenvalue weighted by molar-refractivity contribution is 9.09. The van der Waals surface area contributed by atoms with E-state index in [1.165, 1.54) is 24.0 Å². The zero-order valence-electron chi connectivity index (χ0n) is 13.7. The fourth-order valence-corrected chi connectivity index (χ4v) is 3.10. The first-order valence-electron chi connectivity index (χ1n) is 7.81. The molecule has 0 aromatic heterocycles. The van der Waals surface area contributed by atoms with Crippen molar-refractivity contribution in [1.29, 1.82) is 0 Å². The number of halogens is 1. The number of alkyl halides is 1. The summed E-state index contributed by atoms with van der Waals surface area (Å²) in [6, 6.07) is 9.85. The monoisotopic (exact) mass is 339 g/mol. The standard InChI is InChI=1S/C18H30BrN/c1-6-17(7-2)20(13-12-19)14-15-8-10-16(11-9-15)18(3,4)5/h8-11,17H,6-7,12-14H2,1-5H3. The molecule has 0 aliphatic heterocycles. The lowest BCUT2D eigenvalue weighted by Gasteiger charge is -2.30. The van der Waals surface area contributed by atoms with Crippen LogP contribution in [0.2, 0.25) is 0 Å². The molecule has 0 fully saturated rings. The summed E-state index contributed by atoms with van der Waals surface area (Å²) in [5.41, 5.74) is 3.07. The van der Waals surface area contributed by atoms with Crippen molar-refractivity contribution in [3.8, 4) is 0 Å². The summed E-state index contributed by atoms with van der Waals surface area (Å²) in [5.74, 6) is 0. The molecule has 20 heavy (non-hydrogen) atoms. The zero-order valence-corrected chi connectivity index (χ0v) is 15.3. The van der Waals surface area contributed by atoms with E-state index >= 15 is 0 Å². The minimum absolute atomic E-state index is 0.240. The molecule has 0 aliphatic rings. The molecule has 0 bridgehead atoms. The van der Waals surface area contributed by atoms with Gasteiger partial charge in [-0.2, -0.15) is 0 Å². The molecule has 1 nitrogen and oxygen atoms in total. The summed E-state index contributed by atoms with van der Waals surface area (Å²) in [6.45, 7) is 13.6. The van der Waals surface area contributed by atoms with E-state index in [4.69, 9.17) is 0 Å². The molecule has 0 amide bonds. The topological polar surface area (TPSA) is 3.24 Å². The fourth-order valence-electron chi connectivity index (χ4n) is 2.65. The van der Waals surface area contributed by atoms with Gasteiger partial charge in [-0.15, -0.1) is 0 Å². The van der Waals surface area contributed by atoms with E-state index in [1.54, 1.807) is 0 Å². The quantitative estimate of drug-likeness (QED) is 0.603. The summed E-state index contributed by atoms with van der Waals surface area (Å²) in [6.07, 6.45) is 2.45. The fraction of sp³-hybridized carbons (Fsp3) is 0.667. The van der Waals surface area contributed by atoms with Crippen molar-refractivity contribution < 1.29 is 0 Å². The van der Waals surface area contributed by atoms with E-state index < -0.39 is 0 Å². The molecule has 0 spiro atoms.